The van der Waals surface area contributed by atoms with Gasteiger partial charge >= 0.3 is 0 Å². The normalized spacial score (nSPS) is 15.6. The van der Waals surface area contributed by atoms with Crippen LogP contribution in [0.5, 0.6) is 0 Å². The molecule has 1 aliphatic rings. The number of nitrogen functional groups attached to an aromatic ring is 1. The molecule has 1 aliphatic carbocycles. The number of aromatic nitrogens is 4. The summed E-state index contributed by atoms with van der Waals surface area (Å²) in [6.45, 7) is 0.0957. The van der Waals surface area contributed by atoms with E-state index in [9.17, 15) is 4.79 Å². The minimum absolute atomic E-state index is 0.0619. The van der Waals surface area contributed by atoms with Crippen LogP contribution in [0.1, 0.15) is 32.1 Å². The summed E-state index contributed by atoms with van der Waals surface area (Å²) in [6, 6.07) is 7.52. The van der Waals surface area contributed by atoms with Gasteiger partial charge in [0.1, 0.15) is 6.54 Å². The molecule has 1 aromatic carbocycles. The fraction of sp³-hybridized carbons (Fsp3) is 0.467. The van der Waals surface area contributed by atoms with Gasteiger partial charge in [-0.2, -0.15) is 4.80 Å². The largest absolute Gasteiger partial charge is 0.399 e. The first kappa shape index (κ1) is 14.5. The summed E-state index contributed by atoms with van der Waals surface area (Å²) in [4.78, 5) is 13.3. The Bertz CT molecular complexity index is 630. The molecule has 22 heavy (non-hydrogen) atoms. The Kier molecular flexibility index (Phi) is 4.32. The van der Waals surface area contributed by atoms with Gasteiger partial charge in [0.05, 0.1) is 0 Å². The molecule has 7 heteroatoms. The molecule has 0 bridgehead atoms. The van der Waals surface area contributed by atoms with E-state index in [0.717, 1.165) is 18.4 Å². The second kappa shape index (κ2) is 6.55. The number of hydrogen-bond acceptors (Lipinski definition) is 5. The van der Waals surface area contributed by atoms with Crippen molar-refractivity contribution < 1.29 is 4.79 Å². The van der Waals surface area contributed by atoms with E-state index in [1.54, 1.807) is 12.1 Å². The molecule has 3 rings (SSSR count). The molecule has 3 N–H and O–H groups in total. The molecule has 0 atom stereocenters. The number of hydrogen-bond donors (Lipinski definition) is 2. The van der Waals surface area contributed by atoms with Gasteiger partial charge in [-0.3, -0.25) is 4.79 Å². The molecule has 1 saturated carbocycles. The van der Waals surface area contributed by atoms with Crippen LogP contribution in [0.15, 0.2) is 24.3 Å². The lowest BCUT2D eigenvalue weighted by Gasteiger charge is -2.22. The van der Waals surface area contributed by atoms with Gasteiger partial charge in [-0.1, -0.05) is 19.3 Å². The molecule has 1 aromatic heterocycles. The van der Waals surface area contributed by atoms with Gasteiger partial charge in [0.25, 0.3) is 0 Å². The Morgan fingerprint density at radius 1 is 1.23 bits per heavy atom. The van der Waals surface area contributed by atoms with Gasteiger partial charge in [-0.05, 0) is 42.3 Å². The Labute approximate surface area is 128 Å². The molecule has 0 spiro atoms. The molecule has 0 aliphatic heterocycles. The van der Waals surface area contributed by atoms with Gasteiger partial charge in [-0.15, -0.1) is 10.2 Å². The molecule has 1 fully saturated rings. The van der Waals surface area contributed by atoms with Gasteiger partial charge in [0, 0.05) is 17.3 Å². The van der Waals surface area contributed by atoms with Gasteiger partial charge in [0.15, 0.2) is 0 Å². The number of nitrogens with zero attached hydrogens (tertiary/aromatic N) is 4. The number of carbonyl (C=O) groups is 1. The summed E-state index contributed by atoms with van der Waals surface area (Å²) in [6.07, 6.45) is 5.77. The highest BCUT2D eigenvalue weighted by molar-refractivity contribution is 5.75. The van der Waals surface area contributed by atoms with Crippen LogP contribution in [0, 0.1) is 0 Å². The SMILES string of the molecule is Nc1ccc(-c2nnn(CC(=O)NC3CCCCC3)n2)cc1. The zero-order valence-electron chi connectivity index (χ0n) is 12.4. The second-order valence-corrected chi connectivity index (χ2v) is 5.67. The zero-order valence-corrected chi connectivity index (χ0v) is 12.4. The minimum atomic E-state index is -0.0619. The predicted molar refractivity (Wildman–Crippen MR) is 82.7 cm³/mol. The van der Waals surface area contributed by atoms with E-state index >= 15 is 0 Å². The summed E-state index contributed by atoms with van der Waals surface area (Å²) >= 11 is 0. The first-order chi connectivity index (χ1) is 10.7. The summed E-state index contributed by atoms with van der Waals surface area (Å²) in [7, 11) is 0. The fourth-order valence-electron chi connectivity index (χ4n) is 2.71. The average Bonchev–Trinajstić information content (AvgIpc) is 2.97. The number of anilines is 1. The van der Waals surface area contributed by atoms with Crippen molar-refractivity contribution in [3.63, 3.8) is 0 Å². The van der Waals surface area contributed by atoms with E-state index in [-0.39, 0.29) is 12.5 Å². The van der Waals surface area contributed by atoms with E-state index < -0.39 is 0 Å². The lowest BCUT2D eigenvalue weighted by atomic mass is 9.95. The Morgan fingerprint density at radius 3 is 2.68 bits per heavy atom. The molecule has 0 radical (unpaired) electrons. The number of benzene rings is 1. The molecule has 116 valence electrons. The molecular weight excluding hydrogens is 280 g/mol. The Morgan fingerprint density at radius 2 is 1.95 bits per heavy atom. The standard InChI is InChI=1S/C15H20N6O/c16-12-8-6-11(7-9-12)15-18-20-21(19-15)10-14(22)17-13-4-2-1-3-5-13/h6-9,13H,1-5,10,16H2,(H,17,22). The maximum absolute atomic E-state index is 12.0. The average molecular weight is 300 g/mol. The maximum atomic E-state index is 12.0. The van der Waals surface area contributed by atoms with Crippen LogP contribution in [0.4, 0.5) is 5.69 Å². The third-order valence-electron chi connectivity index (χ3n) is 3.88. The summed E-state index contributed by atoms with van der Waals surface area (Å²) in [5.41, 5.74) is 7.16. The van der Waals surface area contributed by atoms with Crippen molar-refractivity contribution in [1.29, 1.82) is 0 Å². The second-order valence-electron chi connectivity index (χ2n) is 5.67. The van der Waals surface area contributed by atoms with Crippen LogP contribution in [0.2, 0.25) is 0 Å². The third-order valence-corrected chi connectivity index (χ3v) is 3.88. The monoisotopic (exact) mass is 300 g/mol. The smallest absolute Gasteiger partial charge is 0.243 e. The van der Waals surface area contributed by atoms with Crippen molar-refractivity contribution in [1.82, 2.24) is 25.5 Å². The molecule has 2 aromatic rings. The predicted octanol–water partition coefficient (Wildman–Crippen LogP) is 1.37. The van der Waals surface area contributed by atoms with Crippen molar-refractivity contribution in [2.75, 3.05) is 5.73 Å². The lowest BCUT2D eigenvalue weighted by Crippen LogP contribution is -2.38. The van der Waals surface area contributed by atoms with Crippen molar-refractivity contribution in [3.8, 4) is 11.4 Å². The number of rotatable bonds is 4. The molecule has 0 saturated heterocycles. The number of nitrogens with one attached hydrogen (secondary N) is 1. The van der Waals surface area contributed by atoms with Crippen molar-refractivity contribution in [2.45, 2.75) is 44.7 Å². The topological polar surface area (TPSA) is 98.7 Å². The van der Waals surface area contributed by atoms with Crippen molar-refractivity contribution in [3.05, 3.63) is 24.3 Å². The first-order valence-electron chi connectivity index (χ1n) is 7.64. The summed E-state index contributed by atoms with van der Waals surface area (Å²) in [5, 5.41) is 15.2. The number of nitrogens with two attached hydrogens (primary N) is 1. The van der Waals surface area contributed by atoms with Crippen LogP contribution >= 0.6 is 0 Å². The quantitative estimate of drug-likeness (QED) is 0.831. The van der Waals surface area contributed by atoms with Crippen LogP contribution in [0.25, 0.3) is 11.4 Å². The number of carbonyl (C=O) groups excluding carboxylic acids is 1. The number of tetrazole rings is 1. The van der Waals surface area contributed by atoms with E-state index in [1.165, 1.54) is 24.1 Å². The molecule has 0 unspecified atom stereocenters. The summed E-state index contributed by atoms with van der Waals surface area (Å²) < 4.78 is 0. The molecule has 7 nitrogen and oxygen atoms in total. The maximum Gasteiger partial charge on any atom is 0.243 e. The summed E-state index contributed by atoms with van der Waals surface area (Å²) in [5.74, 6) is 0.429. The van der Waals surface area contributed by atoms with Crippen LogP contribution in [-0.4, -0.2) is 32.2 Å². The highest BCUT2D eigenvalue weighted by Gasteiger charge is 2.16. The van der Waals surface area contributed by atoms with Gasteiger partial charge in [-0.25, -0.2) is 0 Å². The van der Waals surface area contributed by atoms with Crippen molar-refractivity contribution >= 4 is 11.6 Å². The van der Waals surface area contributed by atoms with E-state index in [4.69, 9.17) is 5.73 Å². The van der Waals surface area contributed by atoms with Gasteiger partial charge in [0.2, 0.25) is 11.7 Å². The Balaban J connectivity index is 1.59. The van der Waals surface area contributed by atoms with Crippen molar-refractivity contribution in [2.24, 2.45) is 0 Å². The lowest BCUT2D eigenvalue weighted by molar-refractivity contribution is -0.123. The highest BCUT2D eigenvalue weighted by Crippen LogP contribution is 2.17. The van der Waals surface area contributed by atoms with Crippen LogP contribution < -0.4 is 11.1 Å². The molecule has 1 heterocycles. The van der Waals surface area contributed by atoms with E-state index in [1.807, 2.05) is 12.1 Å². The van der Waals surface area contributed by atoms with Crippen LogP contribution in [-0.2, 0) is 11.3 Å². The van der Waals surface area contributed by atoms with Crippen LogP contribution in [0.3, 0.4) is 0 Å². The molecular formula is C15H20N6O. The highest BCUT2D eigenvalue weighted by atomic mass is 16.2. The minimum Gasteiger partial charge on any atom is -0.399 e. The Hall–Kier alpha value is -2.44. The third kappa shape index (κ3) is 3.60. The zero-order chi connectivity index (χ0) is 15.4. The number of amides is 1. The first-order valence-corrected chi connectivity index (χ1v) is 7.64. The van der Waals surface area contributed by atoms with E-state index in [2.05, 4.69) is 20.7 Å². The molecule has 1 amide bonds. The van der Waals surface area contributed by atoms with Gasteiger partial charge < -0.3 is 11.1 Å². The fourth-order valence-corrected chi connectivity index (χ4v) is 2.71. The van der Waals surface area contributed by atoms with E-state index in [0.29, 0.717) is 17.6 Å².